The van der Waals surface area contributed by atoms with Crippen molar-refractivity contribution < 1.29 is 4.42 Å². The van der Waals surface area contributed by atoms with Gasteiger partial charge in [-0.15, -0.1) is 0 Å². The first-order valence-corrected chi connectivity index (χ1v) is 7.95. The minimum Gasteiger partial charge on any atom is -0.440 e. The largest absolute Gasteiger partial charge is 0.440 e. The molecule has 0 amide bonds. The second-order valence-electron chi connectivity index (χ2n) is 4.85. The molecule has 0 aliphatic heterocycles. The molecule has 2 aromatic heterocycles. The maximum absolute atomic E-state index is 5.79. The number of hydrogen-bond donors (Lipinski definition) is 1. The van der Waals surface area contributed by atoms with Gasteiger partial charge < -0.3 is 9.40 Å². The van der Waals surface area contributed by atoms with E-state index in [9.17, 15) is 0 Å². The van der Waals surface area contributed by atoms with E-state index in [4.69, 9.17) is 4.42 Å². The van der Waals surface area contributed by atoms with Crippen molar-refractivity contribution in [1.29, 1.82) is 0 Å². The van der Waals surface area contributed by atoms with Gasteiger partial charge >= 0.3 is 0 Å². The molecule has 1 N–H and O–H groups in total. The number of para-hydroxylation sites is 2. The van der Waals surface area contributed by atoms with Crippen LogP contribution in [0.2, 0.25) is 0 Å². The standard InChI is InChI=1S/C17H13N3OS/c1-2-6-12(7-3-1)16-18-10-13(21-16)11-22-17-19-14-8-4-5-9-15(14)20-17/h1-10H,11H2,(H,19,20). The summed E-state index contributed by atoms with van der Waals surface area (Å²) in [6.07, 6.45) is 1.78. The van der Waals surface area contributed by atoms with Crippen molar-refractivity contribution in [3.05, 3.63) is 66.6 Å². The molecular formula is C17H13N3OS. The molecule has 0 saturated heterocycles. The number of thioether (sulfide) groups is 1. The number of aromatic amines is 1. The molecule has 4 rings (SSSR count). The van der Waals surface area contributed by atoms with Crippen LogP contribution in [0.15, 0.2) is 70.4 Å². The smallest absolute Gasteiger partial charge is 0.226 e. The summed E-state index contributed by atoms with van der Waals surface area (Å²) in [5.41, 5.74) is 3.02. The van der Waals surface area contributed by atoms with Gasteiger partial charge in [-0.2, -0.15) is 0 Å². The third-order valence-corrected chi connectivity index (χ3v) is 4.19. The topological polar surface area (TPSA) is 54.7 Å². The van der Waals surface area contributed by atoms with E-state index in [-0.39, 0.29) is 0 Å². The Morgan fingerprint density at radius 3 is 2.68 bits per heavy atom. The second kappa shape index (κ2) is 5.69. The van der Waals surface area contributed by atoms with E-state index >= 15 is 0 Å². The zero-order chi connectivity index (χ0) is 14.8. The molecule has 0 aliphatic carbocycles. The summed E-state index contributed by atoms with van der Waals surface area (Å²) in [7, 11) is 0. The third-order valence-electron chi connectivity index (χ3n) is 3.29. The molecule has 4 nitrogen and oxygen atoms in total. The first-order chi connectivity index (χ1) is 10.9. The van der Waals surface area contributed by atoms with Crippen LogP contribution in [0.5, 0.6) is 0 Å². The molecule has 2 aromatic carbocycles. The molecule has 0 spiro atoms. The normalized spacial score (nSPS) is 11.1. The lowest BCUT2D eigenvalue weighted by atomic mass is 10.2. The minimum absolute atomic E-state index is 0.654. The number of nitrogens with zero attached hydrogens (tertiary/aromatic N) is 2. The fraction of sp³-hybridized carbons (Fsp3) is 0.0588. The van der Waals surface area contributed by atoms with Crippen molar-refractivity contribution in [3.8, 4) is 11.5 Å². The van der Waals surface area contributed by atoms with Crippen molar-refractivity contribution in [2.75, 3.05) is 0 Å². The van der Waals surface area contributed by atoms with Crippen molar-refractivity contribution >= 4 is 22.8 Å². The van der Waals surface area contributed by atoms with Gasteiger partial charge in [0.05, 0.1) is 23.0 Å². The first-order valence-electron chi connectivity index (χ1n) is 6.96. The molecule has 0 atom stereocenters. The first kappa shape index (κ1) is 13.2. The highest BCUT2D eigenvalue weighted by atomic mass is 32.2. The minimum atomic E-state index is 0.654. The number of aromatic nitrogens is 3. The zero-order valence-electron chi connectivity index (χ0n) is 11.7. The molecule has 0 fully saturated rings. The highest BCUT2D eigenvalue weighted by Crippen LogP contribution is 2.25. The molecule has 0 radical (unpaired) electrons. The van der Waals surface area contributed by atoms with Gasteiger partial charge in [-0.3, -0.25) is 0 Å². The van der Waals surface area contributed by atoms with Gasteiger partial charge in [0, 0.05) is 5.56 Å². The molecule has 0 saturated carbocycles. The van der Waals surface area contributed by atoms with Crippen molar-refractivity contribution in [2.24, 2.45) is 0 Å². The van der Waals surface area contributed by atoms with Gasteiger partial charge in [-0.1, -0.05) is 42.1 Å². The molecule has 0 bridgehead atoms. The van der Waals surface area contributed by atoms with E-state index < -0.39 is 0 Å². The fourth-order valence-corrected chi connectivity index (χ4v) is 2.98. The Kier molecular flexibility index (Phi) is 3.40. The molecule has 4 aromatic rings. The number of oxazole rings is 1. The van der Waals surface area contributed by atoms with E-state index in [0.29, 0.717) is 11.6 Å². The Hall–Kier alpha value is -2.53. The van der Waals surface area contributed by atoms with Gasteiger partial charge in [-0.05, 0) is 24.3 Å². The number of benzene rings is 2. The average molecular weight is 307 g/mol. The lowest BCUT2D eigenvalue weighted by Gasteiger charge is -1.95. The van der Waals surface area contributed by atoms with E-state index in [1.165, 1.54) is 0 Å². The molecule has 108 valence electrons. The third kappa shape index (κ3) is 2.63. The molecule has 5 heteroatoms. The van der Waals surface area contributed by atoms with Gasteiger partial charge in [0.25, 0.3) is 0 Å². The SMILES string of the molecule is c1ccc(-c2ncc(CSc3nc4ccccc4[nH]3)o2)cc1. The van der Waals surface area contributed by atoms with Crippen molar-refractivity contribution in [1.82, 2.24) is 15.0 Å². The van der Waals surface area contributed by atoms with E-state index in [2.05, 4.69) is 15.0 Å². The van der Waals surface area contributed by atoms with Crippen LogP contribution in [0.1, 0.15) is 5.76 Å². The Bertz CT molecular complexity index is 865. The number of hydrogen-bond acceptors (Lipinski definition) is 4. The lowest BCUT2D eigenvalue weighted by molar-refractivity contribution is 0.538. The molecule has 0 unspecified atom stereocenters. The predicted octanol–water partition coefficient (Wildman–Crippen LogP) is 4.51. The van der Waals surface area contributed by atoms with Crippen LogP contribution in [-0.4, -0.2) is 15.0 Å². The average Bonchev–Trinajstić information content (AvgIpc) is 3.20. The Morgan fingerprint density at radius 1 is 1.00 bits per heavy atom. The summed E-state index contributed by atoms with van der Waals surface area (Å²) in [6, 6.07) is 17.9. The monoisotopic (exact) mass is 307 g/mol. The summed E-state index contributed by atoms with van der Waals surface area (Å²) in [5, 5.41) is 0.888. The van der Waals surface area contributed by atoms with Crippen molar-refractivity contribution in [3.63, 3.8) is 0 Å². The van der Waals surface area contributed by atoms with E-state index in [1.807, 2.05) is 54.6 Å². The van der Waals surface area contributed by atoms with Crippen LogP contribution in [0.3, 0.4) is 0 Å². The molecule has 0 aliphatic rings. The number of H-pyrrole nitrogens is 1. The number of imidazole rings is 1. The Morgan fingerprint density at radius 2 is 1.82 bits per heavy atom. The number of rotatable bonds is 4. The summed E-state index contributed by atoms with van der Waals surface area (Å²) < 4.78 is 5.79. The maximum Gasteiger partial charge on any atom is 0.226 e. The maximum atomic E-state index is 5.79. The number of nitrogens with one attached hydrogen (secondary N) is 1. The second-order valence-corrected chi connectivity index (χ2v) is 5.81. The lowest BCUT2D eigenvalue weighted by Crippen LogP contribution is -1.78. The van der Waals surface area contributed by atoms with Crippen LogP contribution in [0, 0.1) is 0 Å². The van der Waals surface area contributed by atoms with Gasteiger partial charge in [0.15, 0.2) is 5.16 Å². The van der Waals surface area contributed by atoms with Gasteiger partial charge in [-0.25, -0.2) is 9.97 Å². The van der Waals surface area contributed by atoms with Crippen LogP contribution in [0.25, 0.3) is 22.5 Å². The van der Waals surface area contributed by atoms with E-state index in [0.717, 1.165) is 27.5 Å². The number of fused-ring (bicyclic) bond motifs is 1. The molecule has 2 heterocycles. The van der Waals surface area contributed by atoms with Crippen LogP contribution >= 0.6 is 11.8 Å². The molecule has 22 heavy (non-hydrogen) atoms. The van der Waals surface area contributed by atoms with Crippen molar-refractivity contribution in [2.45, 2.75) is 10.9 Å². The zero-order valence-corrected chi connectivity index (χ0v) is 12.5. The highest BCUT2D eigenvalue weighted by molar-refractivity contribution is 7.98. The fourth-order valence-electron chi connectivity index (χ4n) is 2.23. The van der Waals surface area contributed by atoms with Crippen LogP contribution in [-0.2, 0) is 5.75 Å². The Balaban J connectivity index is 1.49. The quantitative estimate of drug-likeness (QED) is 0.564. The Labute approximate surface area is 131 Å². The van der Waals surface area contributed by atoms with Crippen LogP contribution in [0.4, 0.5) is 0 Å². The van der Waals surface area contributed by atoms with Gasteiger partial charge in [0.2, 0.25) is 5.89 Å². The summed E-state index contributed by atoms with van der Waals surface area (Å²) >= 11 is 1.61. The van der Waals surface area contributed by atoms with E-state index in [1.54, 1.807) is 18.0 Å². The summed E-state index contributed by atoms with van der Waals surface area (Å²) in [4.78, 5) is 12.2. The van der Waals surface area contributed by atoms with Crippen LogP contribution < -0.4 is 0 Å². The van der Waals surface area contributed by atoms with Gasteiger partial charge in [0.1, 0.15) is 5.76 Å². The predicted molar refractivity (Wildman–Crippen MR) is 87.6 cm³/mol. The molecular weight excluding hydrogens is 294 g/mol. The highest BCUT2D eigenvalue weighted by Gasteiger charge is 2.08. The summed E-state index contributed by atoms with van der Waals surface area (Å²) in [6.45, 7) is 0. The summed E-state index contributed by atoms with van der Waals surface area (Å²) in [5.74, 6) is 2.18.